The maximum Gasteiger partial charge on any atom is 0.303 e. The lowest BCUT2D eigenvalue weighted by molar-refractivity contribution is -0.137. The monoisotopic (exact) mass is 392 g/mol. The smallest absolute Gasteiger partial charge is 0.303 e. The highest BCUT2D eigenvalue weighted by Gasteiger charge is 2.20. The van der Waals surface area contributed by atoms with Gasteiger partial charge >= 0.3 is 5.97 Å². The van der Waals surface area contributed by atoms with Crippen molar-refractivity contribution in [2.24, 2.45) is 0 Å². The zero-order valence-corrected chi connectivity index (χ0v) is 15.6. The number of carboxylic acid groups (broad SMARTS) is 1. The minimum absolute atomic E-state index is 0.129. The molecule has 0 spiro atoms. The maximum atomic E-state index is 12.2. The second-order valence-corrected chi connectivity index (χ2v) is 9.52. The summed E-state index contributed by atoms with van der Waals surface area (Å²) in [6.07, 6.45) is 0.334. The van der Waals surface area contributed by atoms with Gasteiger partial charge in [-0.25, -0.2) is 26.3 Å². The van der Waals surface area contributed by atoms with Crippen LogP contribution in [0.3, 0.4) is 0 Å². The molecule has 1 unspecified atom stereocenters. The van der Waals surface area contributed by atoms with E-state index >= 15 is 0 Å². The minimum atomic E-state index is -3.75. The molecule has 0 aliphatic rings. The van der Waals surface area contributed by atoms with Crippen molar-refractivity contribution in [2.45, 2.75) is 32.2 Å². The molecule has 0 radical (unpaired) electrons. The largest absolute Gasteiger partial charge is 0.481 e. The van der Waals surface area contributed by atoms with Crippen LogP contribution in [0.2, 0.25) is 0 Å². The Balaban J connectivity index is 2.69. The highest BCUT2D eigenvalue weighted by Crippen LogP contribution is 2.09. The first-order valence-corrected chi connectivity index (χ1v) is 11.2. The van der Waals surface area contributed by atoms with Gasteiger partial charge in [-0.05, 0) is 25.3 Å². The molecule has 3 N–H and O–H groups in total. The average Bonchev–Trinajstić information content (AvgIpc) is 2.53. The van der Waals surface area contributed by atoms with Crippen LogP contribution < -0.4 is 9.44 Å². The summed E-state index contributed by atoms with van der Waals surface area (Å²) in [5, 5.41) is 8.83. The molecule has 1 aromatic carbocycles. The van der Waals surface area contributed by atoms with Crippen molar-refractivity contribution < 1.29 is 26.7 Å². The number of carbonyl (C=O) groups is 1. The van der Waals surface area contributed by atoms with E-state index in [0.717, 1.165) is 5.56 Å². The molecule has 0 aromatic heterocycles. The number of sulfonamides is 2. The predicted molar refractivity (Wildman–Crippen MR) is 95.2 cm³/mol. The van der Waals surface area contributed by atoms with Gasteiger partial charge in [-0.1, -0.05) is 30.3 Å². The van der Waals surface area contributed by atoms with E-state index in [4.69, 9.17) is 5.11 Å². The van der Waals surface area contributed by atoms with Crippen molar-refractivity contribution in [1.29, 1.82) is 0 Å². The number of hydrogen-bond donors (Lipinski definition) is 3. The molecule has 10 heteroatoms. The third kappa shape index (κ3) is 9.54. The summed E-state index contributed by atoms with van der Waals surface area (Å²) in [5.41, 5.74) is 0.882. The van der Waals surface area contributed by atoms with Crippen LogP contribution >= 0.6 is 0 Å². The molecule has 0 aliphatic heterocycles. The molecule has 25 heavy (non-hydrogen) atoms. The van der Waals surface area contributed by atoms with Gasteiger partial charge in [0.25, 0.3) is 0 Å². The SMILES string of the molecule is CCS(=O)(=O)NCCS(=O)(=O)NC(CCC(=O)O)Cc1ccccc1. The van der Waals surface area contributed by atoms with E-state index in [-0.39, 0.29) is 25.1 Å². The Morgan fingerprint density at radius 3 is 2.32 bits per heavy atom. The standard InChI is InChI=1S/C15H24N2O6S2/c1-2-24(20,21)16-10-11-25(22,23)17-14(8-9-15(18)19)12-13-6-4-3-5-7-13/h3-7,14,16-17H,2,8-12H2,1H3,(H,18,19). The molecule has 0 saturated heterocycles. The van der Waals surface area contributed by atoms with Crippen LogP contribution in [0.25, 0.3) is 0 Å². The first-order chi connectivity index (χ1) is 11.6. The van der Waals surface area contributed by atoms with Gasteiger partial charge < -0.3 is 5.11 Å². The summed E-state index contributed by atoms with van der Waals surface area (Å²) < 4.78 is 51.7. The third-order valence-corrected chi connectivity index (χ3v) is 6.29. The van der Waals surface area contributed by atoms with Crippen molar-refractivity contribution in [3.8, 4) is 0 Å². The van der Waals surface area contributed by atoms with Crippen LogP contribution in [0, 0.1) is 0 Å². The molecule has 0 aliphatic carbocycles. The summed E-state index contributed by atoms with van der Waals surface area (Å²) >= 11 is 0. The van der Waals surface area contributed by atoms with Crippen LogP contribution in [0.4, 0.5) is 0 Å². The van der Waals surface area contributed by atoms with Crippen molar-refractivity contribution in [2.75, 3.05) is 18.1 Å². The van der Waals surface area contributed by atoms with E-state index in [2.05, 4.69) is 9.44 Å². The van der Waals surface area contributed by atoms with E-state index in [1.165, 1.54) is 6.92 Å². The predicted octanol–water partition coefficient (Wildman–Crippen LogP) is 0.321. The van der Waals surface area contributed by atoms with E-state index in [9.17, 15) is 21.6 Å². The molecular formula is C15H24N2O6S2. The zero-order chi connectivity index (χ0) is 18.9. The lowest BCUT2D eigenvalue weighted by Gasteiger charge is -2.18. The molecule has 8 nitrogen and oxygen atoms in total. The summed E-state index contributed by atoms with van der Waals surface area (Å²) in [7, 11) is -7.21. The lowest BCUT2D eigenvalue weighted by atomic mass is 10.0. The van der Waals surface area contributed by atoms with Crippen LogP contribution in [0.1, 0.15) is 25.3 Å². The van der Waals surface area contributed by atoms with Crippen molar-refractivity contribution in [3.05, 3.63) is 35.9 Å². The van der Waals surface area contributed by atoms with Gasteiger partial charge in [0.15, 0.2) is 0 Å². The number of rotatable bonds is 12. The first-order valence-electron chi connectivity index (χ1n) is 7.86. The van der Waals surface area contributed by atoms with Gasteiger partial charge in [-0.3, -0.25) is 4.79 Å². The molecule has 0 heterocycles. The Kier molecular flexibility index (Phi) is 8.50. The molecule has 1 rings (SSSR count). The fourth-order valence-electron chi connectivity index (χ4n) is 2.15. The van der Waals surface area contributed by atoms with Gasteiger partial charge in [-0.15, -0.1) is 0 Å². The highest BCUT2D eigenvalue weighted by atomic mass is 32.2. The fraction of sp³-hybridized carbons (Fsp3) is 0.533. The maximum absolute atomic E-state index is 12.2. The van der Waals surface area contributed by atoms with Crippen LogP contribution in [0.15, 0.2) is 30.3 Å². The van der Waals surface area contributed by atoms with Crippen LogP contribution in [-0.4, -0.2) is 52.0 Å². The molecule has 0 saturated carbocycles. The molecule has 1 atom stereocenters. The molecule has 0 fully saturated rings. The highest BCUT2D eigenvalue weighted by molar-refractivity contribution is 7.90. The fourth-order valence-corrected chi connectivity index (χ4v) is 4.09. The summed E-state index contributed by atoms with van der Waals surface area (Å²) in [5.74, 6) is -1.55. The topological polar surface area (TPSA) is 130 Å². The third-order valence-electron chi connectivity index (χ3n) is 3.45. The second-order valence-electron chi connectivity index (χ2n) is 5.55. The number of carboxylic acids is 1. The lowest BCUT2D eigenvalue weighted by Crippen LogP contribution is -2.41. The molecular weight excluding hydrogens is 368 g/mol. The van der Waals surface area contributed by atoms with E-state index < -0.39 is 37.8 Å². The first kappa shape index (κ1) is 21.6. The van der Waals surface area contributed by atoms with Gasteiger partial charge in [0.2, 0.25) is 20.0 Å². The van der Waals surface area contributed by atoms with Gasteiger partial charge in [0.05, 0.1) is 11.5 Å². The second kappa shape index (κ2) is 9.85. The normalized spacial score (nSPS) is 13.5. The van der Waals surface area contributed by atoms with Crippen molar-refractivity contribution in [3.63, 3.8) is 0 Å². The molecule has 142 valence electrons. The molecule has 0 amide bonds. The van der Waals surface area contributed by atoms with Crippen LogP contribution in [-0.2, 0) is 31.3 Å². The quantitative estimate of drug-likeness (QED) is 0.470. The minimum Gasteiger partial charge on any atom is -0.481 e. The Labute approximate surface area is 148 Å². The summed E-state index contributed by atoms with van der Waals surface area (Å²) in [6.45, 7) is 1.22. The van der Waals surface area contributed by atoms with Crippen molar-refractivity contribution >= 4 is 26.0 Å². The Morgan fingerprint density at radius 1 is 1.12 bits per heavy atom. The van der Waals surface area contributed by atoms with Crippen LogP contribution in [0.5, 0.6) is 0 Å². The van der Waals surface area contributed by atoms with Crippen molar-refractivity contribution in [1.82, 2.24) is 9.44 Å². The number of nitrogens with one attached hydrogen (secondary N) is 2. The Hall–Kier alpha value is -1.49. The average molecular weight is 392 g/mol. The molecule has 0 bridgehead atoms. The zero-order valence-electron chi connectivity index (χ0n) is 14.0. The number of aliphatic carboxylic acids is 1. The summed E-state index contributed by atoms with van der Waals surface area (Å²) in [6, 6.07) is 8.55. The van der Waals surface area contributed by atoms with E-state index in [1.54, 1.807) is 0 Å². The Morgan fingerprint density at radius 2 is 1.76 bits per heavy atom. The van der Waals surface area contributed by atoms with E-state index in [0.29, 0.717) is 6.42 Å². The van der Waals surface area contributed by atoms with Gasteiger partial charge in [-0.2, -0.15) is 0 Å². The number of benzene rings is 1. The summed E-state index contributed by atoms with van der Waals surface area (Å²) in [4.78, 5) is 10.8. The van der Waals surface area contributed by atoms with Gasteiger partial charge in [0.1, 0.15) is 0 Å². The Bertz CT molecular complexity index is 747. The number of hydrogen-bond acceptors (Lipinski definition) is 5. The van der Waals surface area contributed by atoms with Gasteiger partial charge in [0, 0.05) is 19.0 Å². The van der Waals surface area contributed by atoms with E-state index in [1.807, 2.05) is 30.3 Å². The molecule has 1 aromatic rings.